The molecule has 0 radical (unpaired) electrons. The van der Waals surface area contributed by atoms with Crippen LogP contribution < -0.4 is 4.84 Å². The summed E-state index contributed by atoms with van der Waals surface area (Å²) in [5, 5.41) is 8.79. The predicted molar refractivity (Wildman–Crippen MR) is 74.3 cm³/mol. The van der Waals surface area contributed by atoms with Crippen molar-refractivity contribution >= 4 is 17.0 Å². The maximum atomic E-state index is 10.7. The van der Waals surface area contributed by atoms with Gasteiger partial charge in [-0.05, 0) is 12.1 Å². The van der Waals surface area contributed by atoms with E-state index >= 15 is 0 Å². The Labute approximate surface area is 115 Å². The lowest BCUT2D eigenvalue weighted by Crippen LogP contribution is -2.20. The number of aliphatic carboxylic acids is 1. The first-order valence-corrected chi connectivity index (χ1v) is 6.13. The van der Waals surface area contributed by atoms with Crippen molar-refractivity contribution in [2.75, 3.05) is 6.61 Å². The molecule has 0 bridgehead atoms. The normalized spacial score (nSPS) is 10.6. The summed E-state index contributed by atoms with van der Waals surface area (Å²) >= 11 is 0. The molecule has 1 aromatic heterocycles. The molecule has 0 spiro atoms. The van der Waals surface area contributed by atoms with Crippen molar-refractivity contribution in [1.82, 2.24) is 9.71 Å². The number of rotatable bonds is 4. The Morgan fingerprint density at radius 1 is 1.10 bits per heavy atom. The number of fused-ring (bicyclic) bond motifs is 1. The molecule has 0 amide bonds. The van der Waals surface area contributed by atoms with Crippen molar-refractivity contribution in [3.05, 3.63) is 54.6 Å². The highest BCUT2D eigenvalue weighted by atomic mass is 16.7. The predicted octanol–water partition coefficient (Wildman–Crippen LogP) is 2.22. The van der Waals surface area contributed by atoms with Gasteiger partial charge in [-0.25, -0.2) is 9.78 Å². The number of benzene rings is 2. The van der Waals surface area contributed by atoms with Crippen LogP contribution in [0.15, 0.2) is 54.6 Å². The van der Waals surface area contributed by atoms with E-state index in [2.05, 4.69) is 4.98 Å². The van der Waals surface area contributed by atoms with Gasteiger partial charge in [0.1, 0.15) is 5.52 Å². The van der Waals surface area contributed by atoms with Gasteiger partial charge in [0, 0.05) is 5.56 Å². The third-order valence-corrected chi connectivity index (χ3v) is 2.87. The van der Waals surface area contributed by atoms with Crippen LogP contribution in [0.1, 0.15) is 0 Å². The molecule has 3 aromatic rings. The van der Waals surface area contributed by atoms with E-state index in [0.717, 1.165) is 16.6 Å². The van der Waals surface area contributed by atoms with Crippen molar-refractivity contribution in [3.63, 3.8) is 0 Å². The molecule has 0 unspecified atom stereocenters. The molecule has 100 valence electrons. The van der Waals surface area contributed by atoms with Crippen molar-refractivity contribution < 1.29 is 14.7 Å². The Balaban J connectivity index is 2.15. The number of hydrogen-bond donors (Lipinski definition) is 1. The highest BCUT2D eigenvalue weighted by Crippen LogP contribution is 2.23. The van der Waals surface area contributed by atoms with E-state index in [0.29, 0.717) is 5.82 Å². The molecule has 0 fully saturated rings. The summed E-state index contributed by atoms with van der Waals surface area (Å²) in [6, 6.07) is 17.0. The summed E-state index contributed by atoms with van der Waals surface area (Å²) in [4.78, 5) is 20.6. The first-order chi connectivity index (χ1) is 9.75. The van der Waals surface area contributed by atoms with Gasteiger partial charge in [-0.1, -0.05) is 42.5 Å². The van der Waals surface area contributed by atoms with Crippen molar-refractivity contribution in [2.24, 2.45) is 0 Å². The Morgan fingerprint density at radius 3 is 2.55 bits per heavy atom. The van der Waals surface area contributed by atoms with Gasteiger partial charge in [0.05, 0.1) is 5.52 Å². The van der Waals surface area contributed by atoms with Gasteiger partial charge in [-0.15, -0.1) is 0 Å². The number of carbonyl (C=O) groups is 1. The molecule has 0 atom stereocenters. The fraction of sp³-hybridized carbons (Fsp3) is 0.0667. The van der Waals surface area contributed by atoms with Crippen LogP contribution >= 0.6 is 0 Å². The van der Waals surface area contributed by atoms with Crippen LogP contribution in [0.4, 0.5) is 0 Å². The first kappa shape index (κ1) is 12.2. The van der Waals surface area contributed by atoms with E-state index in [4.69, 9.17) is 9.94 Å². The van der Waals surface area contributed by atoms with Crippen molar-refractivity contribution in [1.29, 1.82) is 0 Å². The average Bonchev–Trinajstić information content (AvgIpc) is 2.84. The maximum Gasteiger partial charge on any atom is 0.344 e. The molecule has 0 aliphatic rings. The van der Waals surface area contributed by atoms with Crippen LogP contribution in [-0.4, -0.2) is 27.4 Å². The van der Waals surface area contributed by atoms with E-state index in [-0.39, 0.29) is 0 Å². The van der Waals surface area contributed by atoms with Crippen LogP contribution in [0.2, 0.25) is 0 Å². The van der Waals surface area contributed by atoms with Crippen molar-refractivity contribution in [2.45, 2.75) is 0 Å². The van der Waals surface area contributed by atoms with Crippen molar-refractivity contribution in [3.8, 4) is 11.4 Å². The van der Waals surface area contributed by atoms with Crippen LogP contribution in [0.5, 0.6) is 0 Å². The quantitative estimate of drug-likeness (QED) is 0.788. The number of carboxylic acids is 1. The molecule has 5 heteroatoms. The smallest absolute Gasteiger partial charge is 0.344 e. The van der Waals surface area contributed by atoms with Gasteiger partial charge in [0.15, 0.2) is 5.82 Å². The highest BCUT2D eigenvalue weighted by Gasteiger charge is 2.14. The molecule has 0 saturated heterocycles. The molecule has 0 aliphatic heterocycles. The summed E-state index contributed by atoms with van der Waals surface area (Å²) in [6.07, 6.45) is 0. The molecule has 3 rings (SSSR count). The van der Waals surface area contributed by atoms with Crippen LogP contribution in [0.25, 0.3) is 22.4 Å². The largest absolute Gasteiger partial charge is 0.479 e. The number of imidazole rings is 1. The monoisotopic (exact) mass is 268 g/mol. The minimum Gasteiger partial charge on any atom is -0.479 e. The van der Waals surface area contributed by atoms with E-state index in [1.165, 1.54) is 4.73 Å². The molecule has 20 heavy (non-hydrogen) atoms. The molecule has 1 heterocycles. The fourth-order valence-corrected chi connectivity index (χ4v) is 2.02. The van der Waals surface area contributed by atoms with Gasteiger partial charge in [-0.3, -0.25) is 0 Å². The number of carboxylic acid groups (broad SMARTS) is 1. The lowest BCUT2D eigenvalue weighted by molar-refractivity contribution is -0.142. The minimum atomic E-state index is -1.03. The Bertz CT molecular complexity index is 750. The van der Waals surface area contributed by atoms with Gasteiger partial charge in [0.2, 0.25) is 6.61 Å². The van der Waals surface area contributed by atoms with E-state index in [1.807, 2.05) is 54.6 Å². The Morgan fingerprint density at radius 2 is 1.80 bits per heavy atom. The molecular weight excluding hydrogens is 256 g/mol. The molecule has 0 saturated carbocycles. The SMILES string of the molecule is O=C(O)COn1c(-c2ccccc2)nc2ccccc21. The molecule has 1 N–H and O–H groups in total. The fourth-order valence-electron chi connectivity index (χ4n) is 2.02. The third-order valence-electron chi connectivity index (χ3n) is 2.87. The zero-order valence-corrected chi connectivity index (χ0v) is 10.6. The van der Waals surface area contributed by atoms with Gasteiger partial charge < -0.3 is 9.94 Å². The van der Waals surface area contributed by atoms with E-state index in [9.17, 15) is 4.79 Å². The average molecular weight is 268 g/mol. The van der Waals surface area contributed by atoms with Gasteiger partial charge >= 0.3 is 5.97 Å². The standard InChI is InChI=1S/C15H12N2O3/c18-14(19)10-20-17-13-9-5-4-8-12(13)16-15(17)11-6-2-1-3-7-11/h1-9H,10H2,(H,18,19). The molecular formula is C15H12N2O3. The second kappa shape index (κ2) is 5.05. The topological polar surface area (TPSA) is 64.3 Å². The summed E-state index contributed by atoms with van der Waals surface area (Å²) < 4.78 is 1.47. The van der Waals surface area contributed by atoms with Crippen LogP contribution in [0, 0.1) is 0 Å². The number of nitrogens with zero attached hydrogens (tertiary/aromatic N) is 2. The summed E-state index contributed by atoms with van der Waals surface area (Å²) in [5.74, 6) is -0.435. The number of hydrogen-bond acceptors (Lipinski definition) is 3. The Hall–Kier alpha value is -2.82. The lowest BCUT2D eigenvalue weighted by Gasteiger charge is -2.08. The summed E-state index contributed by atoms with van der Waals surface area (Å²) in [5.41, 5.74) is 2.37. The molecule has 5 nitrogen and oxygen atoms in total. The lowest BCUT2D eigenvalue weighted by atomic mass is 10.2. The second-order valence-electron chi connectivity index (χ2n) is 4.25. The van der Waals surface area contributed by atoms with Gasteiger partial charge in [-0.2, -0.15) is 4.73 Å². The summed E-state index contributed by atoms with van der Waals surface area (Å²) in [6.45, 7) is -0.416. The first-order valence-electron chi connectivity index (χ1n) is 6.13. The minimum absolute atomic E-state index is 0.416. The van der Waals surface area contributed by atoms with Gasteiger partial charge in [0.25, 0.3) is 0 Å². The Kier molecular flexibility index (Phi) is 3.09. The van der Waals surface area contributed by atoms with Crippen LogP contribution in [0.3, 0.4) is 0 Å². The number of aromatic nitrogens is 2. The van der Waals surface area contributed by atoms with Crippen LogP contribution in [-0.2, 0) is 4.79 Å². The van der Waals surface area contributed by atoms with E-state index in [1.54, 1.807) is 0 Å². The second-order valence-corrected chi connectivity index (χ2v) is 4.25. The highest BCUT2D eigenvalue weighted by molar-refractivity contribution is 5.80. The molecule has 2 aromatic carbocycles. The molecule has 0 aliphatic carbocycles. The zero-order valence-electron chi connectivity index (χ0n) is 10.6. The maximum absolute atomic E-state index is 10.7. The zero-order chi connectivity index (χ0) is 13.9. The number of para-hydroxylation sites is 2. The third kappa shape index (κ3) is 2.21. The van der Waals surface area contributed by atoms with E-state index < -0.39 is 12.6 Å². The summed E-state index contributed by atoms with van der Waals surface area (Å²) in [7, 11) is 0.